The first-order valence-electron chi connectivity index (χ1n) is 4.58. The van der Waals surface area contributed by atoms with E-state index in [0.717, 1.165) is 0 Å². The maximum Gasteiger partial charge on any atom is 0.111 e. The molecule has 3 unspecified atom stereocenters. The van der Waals surface area contributed by atoms with E-state index in [-0.39, 0.29) is 12.5 Å². The average Bonchev–Trinajstić information content (AvgIpc) is 2.02. The summed E-state index contributed by atoms with van der Waals surface area (Å²) >= 11 is 0. The second-order valence-electron chi connectivity index (χ2n) is 3.60. The van der Waals surface area contributed by atoms with Crippen molar-refractivity contribution in [2.75, 3.05) is 21.1 Å². The molecular weight excluding hydrogens is 168 g/mol. The maximum atomic E-state index is 9.28. The zero-order chi connectivity index (χ0) is 10.6. The van der Waals surface area contributed by atoms with E-state index in [1.807, 2.05) is 39.9 Å². The highest BCUT2D eigenvalue weighted by Gasteiger charge is 2.17. The fourth-order valence-electron chi connectivity index (χ4n) is 0.807. The van der Waals surface area contributed by atoms with Crippen LogP contribution in [0.5, 0.6) is 0 Å². The topological polar surface area (TPSA) is 35.9 Å². The van der Waals surface area contributed by atoms with Crippen LogP contribution in [0.1, 0.15) is 20.8 Å². The summed E-state index contributed by atoms with van der Waals surface area (Å²) in [5, 5.41) is 9.28. The Hall–Kier alpha value is -0.160. The van der Waals surface area contributed by atoms with Crippen LogP contribution in [-0.2, 0) is 4.74 Å². The first kappa shape index (κ1) is 12.8. The molecule has 3 atom stereocenters. The highest BCUT2D eigenvalue weighted by Crippen LogP contribution is 2.06. The zero-order valence-corrected chi connectivity index (χ0v) is 9.48. The van der Waals surface area contributed by atoms with Crippen LogP contribution < -0.4 is 0 Å². The van der Waals surface area contributed by atoms with Crippen molar-refractivity contribution in [3.05, 3.63) is 0 Å². The molecule has 4 heteroatoms. The Morgan fingerprint density at radius 1 is 1.00 bits per heavy atom. The first-order valence-corrected chi connectivity index (χ1v) is 4.58. The highest BCUT2D eigenvalue weighted by atomic mass is 16.5. The van der Waals surface area contributed by atoms with Crippen molar-refractivity contribution in [3.8, 4) is 0 Å². The fourth-order valence-corrected chi connectivity index (χ4v) is 0.807. The Kier molecular flexibility index (Phi) is 5.48. The van der Waals surface area contributed by atoms with Crippen molar-refractivity contribution in [2.45, 2.75) is 39.5 Å². The predicted octanol–water partition coefficient (Wildman–Crippen LogP) is 0.527. The molecule has 0 heterocycles. The van der Waals surface area contributed by atoms with Crippen LogP contribution in [0.2, 0.25) is 0 Å². The quantitative estimate of drug-likeness (QED) is 0.641. The Labute approximate surface area is 81.1 Å². The van der Waals surface area contributed by atoms with E-state index in [9.17, 15) is 5.11 Å². The summed E-state index contributed by atoms with van der Waals surface area (Å²) in [7, 11) is 5.75. The Morgan fingerprint density at radius 2 is 1.46 bits per heavy atom. The van der Waals surface area contributed by atoms with Gasteiger partial charge >= 0.3 is 0 Å². The highest BCUT2D eigenvalue weighted by molar-refractivity contribution is 4.55. The molecule has 0 aliphatic rings. The Balaban J connectivity index is 3.92. The van der Waals surface area contributed by atoms with Gasteiger partial charge in [0.05, 0.1) is 0 Å². The number of aliphatic hydroxyl groups is 1. The maximum absolute atomic E-state index is 9.28. The van der Waals surface area contributed by atoms with Crippen molar-refractivity contribution in [1.82, 2.24) is 9.80 Å². The average molecular weight is 190 g/mol. The van der Waals surface area contributed by atoms with E-state index in [4.69, 9.17) is 4.74 Å². The molecule has 0 rings (SSSR count). The number of nitrogens with zero attached hydrogens (tertiary/aromatic N) is 2. The molecule has 0 aromatic rings. The van der Waals surface area contributed by atoms with Gasteiger partial charge in [-0.3, -0.25) is 9.80 Å². The minimum atomic E-state index is -0.482. The van der Waals surface area contributed by atoms with Crippen LogP contribution in [0.3, 0.4) is 0 Å². The third-order valence-corrected chi connectivity index (χ3v) is 2.28. The largest absolute Gasteiger partial charge is 0.379 e. The standard InChI is InChI=1S/C9H22N2O2/c1-7(12)11(6)9(3)13-8(2)10(4)5/h7-9,12H,1-6H3. The summed E-state index contributed by atoms with van der Waals surface area (Å²) in [4.78, 5) is 3.74. The van der Waals surface area contributed by atoms with Gasteiger partial charge in [-0.15, -0.1) is 0 Å². The van der Waals surface area contributed by atoms with Crippen molar-refractivity contribution in [3.63, 3.8) is 0 Å². The molecule has 0 amide bonds. The molecule has 0 fully saturated rings. The van der Waals surface area contributed by atoms with Crippen LogP contribution in [0.4, 0.5) is 0 Å². The monoisotopic (exact) mass is 190 g/mol. The minimum Gasteiger partial charge on any atom is -0.379 e. The molecule has 0 aliphatic heterocycles. The third kappa shape index (κ3) is 4.57. The lowest BCUT2D eigenvalue weighted by molar-refractivity contribution is -0.155. The van der Waals surface area contributed by atoms with Gasteiger partial charge in [0.2, 0.25) is 0 Å². The van der Waals surface area contributed by atoms with E-state index in [2.05, 4.69) is 0 Å². The zero-order valence-electron chi connectivity index (χ0n) is 9.48. The summed E-state index contributed by atoms with van der Waals surface area (Å²) in [6.07, 6.45) is -0.516. The molecule has 0 saturated heterocycles. The molecule has 13 heavy (non-hydrogen) atoms. The van der Waals surface area contributed by atoms with E-state index >= 15 is 0 Å². The van der Waals surface area contributed by atoms with Crippen molar-refractivity contribution >= 4 is 0 Å². The number of hydrogen-bond donors (Lipinski definition) is 1. The number of hydrogen-bond acceptors (Lipinski definition) is 4. The lowest BCUT2D eigenvalue weighted by atomic mass is 10.4. The molecule has 0 aromatic carbocycles. The number of aliphatic hydroxyl groups excluding tert-OH is 1. The second-order valence-corrected chi connectivity index (χ2v) is 3.60. The lowest BCUT2D eigenvalue weighted by Gasteiger charge is -2.31. The van der Waals surface area contributed by atoms with E-state index in [1.54, 1.807) is 11.8 Å². The smallest absolute Gasteiger partial charge is 0.111 e. The molecule has 4 nitrogen and oxygen atoms in total. The van der Waals surface area contributed by atoms with Crippen LogP contribution in [0.15, 0.2) is 0 Å². The summed E-state index contributed by atoms with van der Waals surface area (Å²) in [6.45, 7) is 5.62. The lowest BCUT2D eigenvalue weighted by Crippen LogP contribution is -2.42. The predicted molar refractivity (Wildman–Crippen MR) is 53.1 cm³/mol. The van der Waals surface area contributed by atoms with Gasteiger partial charge in [-0.2, -0.15) is 0 Å². The molecule has 0 saturated carbocycles. The third-order valence-electron chi connectivity index (χ3n) is 2.28. The molecule has 1 N–H and O–H groups in total. The SMILES string of the molecule is CC(OC(C)N(C)C(C)O)N(C)C. The first-order chi connectivity index (χ1) is 5.86. The molecule has 0 bridgehead atoms. The summed E-state index contributed by atoms with van der Waals surface area (Å²) < 4.78 is 5.63. The molecule has 0 radical (unpaired) electrons. The van der Waals surface area contributed by atoms with E-state index in [1.165, 1.54) is 0 Å². The van der Waals surface area contributed by atoms with Gasteiger partial charge in [-0.1, -0.05) is 0 Å². The molecular formula is C9H22N2O2. The van der Waals surface area contributed by atoms with Gasteiger partial charge in [0.25, 0.3) is 0 Å². The van der Waals surface area contributed by atoms with Crippen molar-refractivity contribution < 1.29 is 9.84 Å². The van der Waals surface area contributed by atoms with Crippen molar-refractivity contribution in [2.24, 2.45) is 0 Å². The van der Waals surface area contributed by atoms with Crippen LogP contribution in [0.25, 0.3) is 0 Å². The Bertz CT molecular complexity index is 140. The minimum absolute atomic E-state index is 0.0520. The van der Waals surface area contributed by atoms with Gasteiger partial charge in [0.1, 0.15) is 18.7 Å². The van der Waals surface area contributed by atoms with Gasteiger partial charge in [-0.05, 0) is 41.9 Å². The molecule has 0 spiro atoms. The molecule has 0 aromatic heterocycles. The van der Waals surface area contributed by atoms with Crippen LogP contribution in [0, 0.1) is 0 Å². The summed E-state index contributed by atoms with van der Waals surface area (Å²) in [6, 6.07) is 0. The fraction of sp³-hybridized carbons (Fsp3) is 1.00. The second kappa shape index (κ2) is 5.54. The summed E-state index contributed by atoms with van der Waals surface area (Å²) in [5.74, 6) is 0. The van der Waals surface area contributed by atoms with Crippen LogP contribution >= 0.6 is 0 Å². The normalized spacial score (nSPS) is 19.2. The van der Waals surface area contributed by atoms with Gasteiger partial charge in [0, 0.05) is 0 Å². The molecule has 80 valence electrons. The van der Waals surface area contributed by atoms with Crippen LogP contribution in [-0.4, -0.2) is 54.7 Å². The van der Waals surface area contributed by atoms with E-state index < -0.39 is 6.23 Å². The van der Waals surface area contributed by atoms with Gasteiger partial charge in [0.15, 0.2) is 0 Å². The summed E-state index contributed by atoms with van der Waals surface area (Å²) in [5.41, 5.74) is 0. The molecule has 0 aliphatic carbocycles. The van der Waals surface area contributed by atoms with Gasteiger partial charge < -0.3 is 9.84 Å². The van der Waals surface area contributed by atoms with E-state index in [0.29, 0.717) is 0 Å². The van der Waals surface area contributed by atoms with Crippen molar-refractivity contribution in [1.29, 1.82) is 0 Å². The van der Waals surface area contributed by atoms with Gasteiger partial charge in [-0.25, -0.2) is 0 Å². The number of rotatable bonds is 5. The Morgan fingerprint density at radius 3 is 1.77 bits per heavy atom. The number of ether oxygens (including phenoxy) is 1.